The van der Waals surface area contributed by atoms with Crippen LogP contribution in [0.25, 0.3) is 6.08 Å². The van der Waals surface area contributed by atoms with Crippen molar-refractivity contribution < 1.29 is 20.0 Å². The lowest BCUT2D eigenvalue weighted by molar-refractivity contribution is -0.534. The molecule has 29 heavy (non-hydrogen) atoms. The van der Waals surface area contributed by atoms with E-state index in [1.165, 1.54) is 10.9 Å². The largest absolute Gasteiger partial charge is 0.507 e. The zero-order valence-corrected chi connectivity index (χ0v) is 18.0. The number of benzene rings is 1. The van der Waals surface area contributed by atoms with E-state index < -0.39 is 0 Å². The number of likely N-dealkylation sites (N-methyl/N-ethyl adjacent to an activating group) is 1. The molecule has 0 aromatic heterocycles. The molecule has 2 atom stereocenters. The van der Waals surface area contributed by atoms with Gasteiger partial charge >= 0.3 is 5.91 Å². The van der Waals surface area contributed by atoms with Gasteiger partial charge in [-0.15, -0.1) is 0 Å². The number of aromatic hydroxyl groups is 1. The van der Waals surface area contributed by atoms with E-state index in [9.17, 15) is 9.90 Å². The zero-order valence-electron chi connectivity index (χ0n) is 18.0. The summed E-state index contributed by atoms with van der Waals surface area (Å²) in [6.45, 7) is 6.25. The molecule has 2 bridgehead atoms. The summed E-state index contributed by atoms with van der Waals surface area (Å²) in [5.41, 5.74) is 4.47. The second-order valence-corrected chi connectivity index (χ2v) is 9.41. The van der Waals surface area contributed by atoms with Gasteiger partial charge in [0.15, 0.2) is 0 Å². The third kappa shape index (κ3) is 3.29. The van der Waals surface area contributed by atoms with E-state index in [2.05, 4.69) is 13.8 Å². The van der Waals surface area contributed by atoms with Crippen molar-refractivity contribution in [2.75, 3.05) is 7.05 Å². The van der Waals surface area contributed by atoms with Crippen molar-refractivity contribution in [3.05, 3.63) is 27.8 Å². The van der Waals surface area contributed by atoms with Crippen LogP contribution in [0.4, 0.5) is 0 Å². The molecule has 2 unspecified atom stereocenters. The zero-order chi connectivity index (χ0) is 20.9. The van der Waals surface area contributed by atoms with E-state index in [0.717, 1.165) is 55.4 Å². The number of hydrogen-bond acceptors (Lipinski definition) is 4. The number of rotatable bonds is 5. The molecule has 1 aliphatic heterocycles. The van der Waals surface area contributed by atoms with E-state index in [0.29, 0.717) is 40.9 Å². The van der Waals surface area contributed by atoms with Crippen LogP contribution in [0, 0.1) is 5.41 Å². The third-order valence-electron chi connectivity index (χ3n) is 6.89. The van der Waals surface area contributed by atoms with Gasteiger partial charge in [0.1, 0.15) is 22.7 Å². The van der Waals surface area contributed by atoms with Crippen molar-refractivity contribution in [1.82, 2.24) is 0 Å². The molecule has 5 heteroatoms. The number of primary amides is 1. The quantitative estimate of drug-likeness (QED) is 0.522. The lowest BCUT2D eigenvalue weighted by Crippen LogP contribution is -2.84. The molecule has 1 saturated carbocycles. The van der Waals surface area contributed by atoms with Crippen LogP contribution in [0.1, 0.15) is 93.4 Å². The number of nitrogens with two attached hydrogens (primary N) is 1. The number of hydrogen-bond donors (Lipinski definition) is 3. The summed E-state index contributed by atoms with van der Waals surface area (Å²) in [6, 6.07) is 0. The molecule has 156 valence electrons. The molecule has 4 N–H and O–H groups in total. The Hall–Kier alpha value is -2.14. The van der Waals surface area contributed by atoms with Gasteiger partial charge in [0.2, 0.25) is 0 Å². The maximum absolute atomic E-state index is 12.6. The van der Waals surface area contributed by atoms with Gasteiger partial charge in [-0.05, 0) is 70.3 Å². The summed E-state index contributed by atoms with van der Waals surface area (Å²) in [7, 11) is 1.71. The Bertz CT molecular complexity index is 913. The van der Waals surface area contributed by atoms with Gasteiger partial charge in [-0.3, -0.25) is 5.32 Å². The fourth-order valence-corrected chi connectivity index (χ4v) is 5.41. The first-order chi connectivity index (χ1) is 13.8. The predicted molar refractivity (Wildman–Crippen MR) is 114 cm³/mol. The van der Waals surface area contributed by atoms with Gasteiger partial charge in [-0.25, -0.2) is 4.79 Å². The average Bonchev–Trinajstić information content (AvgIpc) is 3.29. The number of nitrogens with one attached hydrogen (secondary N) is 1. The Morgan fingerprint density at radius 3 is 2.66 bits per heavy atom. The van der Waals surface area contributed by atoms with E-state index in [4.69, 9.17) is 10.1 Å². The second-order valence-electron chi connectivity index (χ2n) is 9.41. The van der Waals surface area contributed by atoms with Gasteiger partial charge in [-0.1, -0.05) is 13.3 Å². The van der Waals surface area contributed by atoms with E-state index in [-0.39, 0.29) is 11.5 Å². The second kappa shape index (κ2) is 7.28. The molecule has 1 fully saturated rings. The lowest BCUT2D eigenvalue weighted by atomic mass is 9.81. The Morgan fingerprint density at radius 2 is 2.00 bits per heavy atom. The Balaban J connectivity index is 1.94. The van der Waals surface area contributed by atoms with Crippen molar-refractivity contribution >= 4 is 17.7 Å². The maximum atomic E-state index is 12.6. The van der Waals surface area contributed by atoms with Crippen molar-refractivity contribution in [1.29, 1.82) is 5.41 Å². The Morgan fingerprint density at radius 1 is 1.31 bits per heavy atom. The van der Waals surface area contributed by atoms with Crippen LogP contribution in [0.2, 0.25) is 0 Å². The molecule has 1 aromatic carbocycles. The van der Waals surface area contributed by atoms with Crippen LogP contribution >= 0.6 is 0 Å². The van der Waals surface area contributed by atoms with Crippen LogP contribution in [0.3, 0.4) is 0 Å². The first-order valence-corrected chi connectivity index (χ1v) is 11.0. The molecule has 1 heterocycles. The predicted octanol–water partition coefficient (Wildman–Crippen LogP) is 3.78. The number of carbonyl (C=O) groups excluding carboxylic acids is 1. The highest BCUT2D eigenvalue weighted by Crippen LogP contribution is 2.61. The minimum Gasteiger partial charge on any atom is -0.507 e. The number of amides is 1. The van der Waals surface area contributed by atoms with E-state index >= 15 is 0 Å². The van der Waals surface area contributed by atoms with Crippen molar-refractivity contribution in [3.63, 3.8) is 0 Å². The normalized spacial score (nSPS) is 24.1. The molecule has 1 aromatic rings. The standard InChI is InChI=1S/C24H32N2O3/c1-5-6-18(25)17(23(28)26-4)12-16-15-9-10-24(2,3)29-22(15)20-14-8-7-13(11-14)19(20)21(16)27/h12-14,25,27H,5-11H2,1-4H3,(H,26,28)/p+1. The molecule has 3 aliphatic rings. The molecule has 0 radical (unpaired) electrons. The first-order valence-electron chi connectivity index (χ1n) is 11.0. The average molecular weight is 398 g/mol. The number of carbonyl (C=O) groups is 1. The molecular formula is C24H33N2O3+. The molecule has 5 nitrogen and oxygen atoms in total. The summed E-state index contributed by atoms with van der Waals surface area (Å²) < 4.78 is 6.50. The molecule has 2 aliphatic carbocycles. The highest BCUT2D eigenvalue weighted by atomic mass is 16.5. The van der Waals surface area contributed by atoms with Gasteiger partial charge in [0.05, 0.1) is 7.05 Å². The summed E-state index contributed by atoms with van der Waals surface area (Å²) in [5.74, 6) is 1.97. The van der Waals surface area contributed by atoms with Crippen LogP contribution in [0.15, 0.2) is 5.57 Å². The third-order valence-corrected chi connectivity index (χ3v) is 6.89. The van der Waals surface area contributed by atoms with Crippen molar-refractivity contribution in [2.24, 2.45) is 0 Å². The topological polar surface area (TPSA) is 87.0 Å². The SMILES string of the molecule is CCCC(=N)C(=Cc1c(O)c2c(c3c1CCC(C)(C)O3)C1CCC2C1)C(=O)[NH2+]C. The van der Waals surface area contributed by atoms with Crippen LogP contribution < -0.4 is 10.1 Å². The van der Waals surface area contributed by atoms with Crippen molar-refractivity contribution in [2.45, 2.75) is 83.2 Å². The Kier molecular flexibility index (Phi) is 5.06. The minimum absolute atomic E-state index is 0.157. The molecule has 4 rings (SSSR count). The first kappa shape index (κ1) is 20.1. The summed E-state index contributed by atoms with van der Waals surface area (Å²) >= 11 is 0. The highest BCUT2D eigenvalue weighted by molar-refractivity contribution is 6.21. The number of phenols is 1. The van der Waals surface area contributed by atoms with Crippen LogP contribution in [-0.4, -0.2) is 29.4 Å². The molecule has 0 spiro atoms. The van der Waals surface area contributed by atoms with Crippen LogP contribution in [-0.2, 0) is 11.2 Å². The molecular weight excluding hydrogens is 364 g/mol. The van der Waals surface area contributed by atoms with Crippen molar-refractivity contribution in [3.8, 4) is 11.5 Å². The highest BCUT2D eigenvalue weighted by Gasteiger charge is 2.45. The van der Waals surface area contributed by atoms with Crippen LogP contribution in [0.5, 0.6) is 11.5 Å². The molecule has 0 saturated heterocycles. The maximum Gasteiger partial charge on any atom is 0.344 e. The number of quaternary nitrogens is 1. The van der Waals surface area contributed by atoms with E-state index in [1.54, 1.807) is 13.1 Å². The minimum atomic E-state index is -0.231. The molecule has 1 amide bonds. The number of ether oxygens (including phenoxy) is 1. The van der Waals surface area contributed by atoms with Gasteiger partial charge < -0.3 is 15.3 Å². The lowest BCUT2D eigenvalue weighted by Gasteiger charge is -2.37. The Labute approximate surface area is 173 Å². The number of fused-ring (bicyclic) bond motifs is 7. The monoisotopic (exact) mass is 397 g/mol. The fraction of sp³-hybridized carbons (Fsp3) is 0.583. The smallest absolute Gasteiger partial charge is 0.344 e. The summed E-state index contributed by atoms with van der Waals surface area (Å²) in [6.07, 6.45) is 8.16. The van der Waals surface area contributed by atoms with Gasteiger partial charge in [-0.2, -0.15) is 0 Å². The fourth-order valence-electron chi connectivity index (χ4n) is 5.41. The number of phenolic OH excluding ortho intramolecular Hbond substituents is 1. The summed E-state index contributed by atoms with van der Waals surface area (Å²) in [5, 5.41) is 21.3. The van der Waals surface area contributed by atoms with Gasteiger partial charge in [0, 0.05) is 28.0 Å². The summed E-state index contributed by atoms with van der Waals surface area (Å²) in [4.78, 5) is 12.6. The van der Waals surface area contributed by atoms with Gasteiger partial charge in [0.25, 0.3) is 0 Å². The van der Waals surface area contributed by atoms with E-state index in [1.807, 2.05) is 6.92 Å².